The van der Waals surface area contributed by atoms with Crippen LogP contribution in [0.5, 0.6) is 23.0 Å². The first kappa shape index (κ1) is 26.8. The Morgan fingerprint density at radius 1 is 0.725 bits per heavy atom. The maximum absolute atomic E-state index is 13.6. The van der Waals surface area contributed by atoms with Crippen molar-refractivity contribution in [2.75, 3.05) is 4.90 Å². The number of carbonyl (C=O) groups excluding carboxylic acids is 2. The van der Waals surface area contributed by atoms with Gasteiger partial charge in [-0.3, -0.25) is 19.8 Å². The third-order valence-electron chi connectivity index (χ3n) is 6.34. The maximum Gasteiger partial charge on any atom is 0.270 e. The zero-order chi connectivity index (χ0) is 28.3. The van der Waals surface area contributed by atoms with Crippen LogP contribution >= 0.6 is 12.2 Å². The first-order valence-corrected chi connectivity index (χ1v) is 13.2. The molecular weight excluding hydrogens is 520 g/mol. The normalized spacial score (nSPS) is 14.7. The molecule has 6 nitrogen and oxygen atoms in total. The van der Waals surface area contributed by atoms with Gasteiger partial charge in [0.1, 0.15) is 28.6 Å². The molecule has 0 saturated carbocycles. The van der Waals surface area contributed by atoms with Crippen LogP contribution in [0.2, 0.25) is 0 Å². The van der Waals surface area contributed by atoms with E-state index in [1.807, 2.05) is 66.7 Å². The van der Waals surface area contributed by atoms with Crippen LogP contribution in [0.15, 0.2) is 109 Å². The molecule has 4 aromatic rings. The van der Waals surface area contributed by atoms with Gasteiger partial charge in [-0.1, -0.05) is 69.3 Å². The number of nitrogens with one attached hydrogen (secondary N) is 1. The van der Waals surface area contributed by atoms with E-state index < -0.39 is 11.8 Å². The van der Waals surface area contributed by atoms with Gasteiger partial charge in [-0.25, -0.2) is 0 Å². The van der Waals surface area contributed by atoms with Gasteiger partial charge in [0.2, 0.25) is 0 Å². The molecule has 0 aromatic heterocycles. The van der Waals surface area contributed by atoms with Gasteiger partial charge in [-0.05, 0) is 83.9 Å². The van der Waals surface area contributed by atoms with Crippen LogP contribution in [0, 0.1) is 0 Å². The molecule has 1 N–H and O–H groups in total. The van der Waals surface area contributed by atoms with Gasteiger partial charge in [-0.15, -0.1) is 0 Å². The summed E-state index contributed by atoms with van der Waals surface area (Å²) in [6, 6.07) is 31.4. The second-order valence-electron chi connectivity index (χ2n) is 10.3. The largest absolute Gasteiger partial charge is 0.457 e. The Kier molecular flexibility index (Phi) is 7.49. The lowest BCUT2D eigenvalue weighted by Crippen LogP contribution is -2.54. The lowest BCUT2D eigenvalue weighted by atomic mass is 9.87. The Hall–Kier alpha value is -4.75. The van der Waals surface area contributed by atoms with Crippen molar-refractivity contribution in [3.63, 3.8) is 0 Å². The quantitative estimate of drug-likeness (QED) is 0.154. The van der Waals surface area contributed by atoms with Crippen LogP contribution in [0.25, 0.3) is 6.08 Å². The number of para-hydroxylation sites is 2. The molecule has 1 aliphatic heterocycles. The molecule has 5 rings (SSSR count). The Bertz CT molecular complexity index is 1590. The highest BCUT2D eigenvalue weighted by atomic mass is 32.1. The van der Waals surface area contributed by atoms with E-state index in [2.05, 4.69) is 26.1 Å². The Morgan fingerprint density at radius 3 is 1.98 bits per heavy atom. The van der Waals surface area contributed by atoms with Gasteiger partial charge in [0.25, 0.3) is 11.8 Å². The standard InChI is InChI=1S/C33H28N2O4S/c1-33(2,3)23-13-17-27(18-14-23)39-29-12-8-7-9-22(29)21-28-30(36)34-32(40)35(31(28)37)24-15-19-26(20-16-24)38-25-10-5-4-6-11-25/h4-21H,1-3H3,(H,34,36,40)/b28-21+. The van der Waals surface area contributed by atoms with Crippen LogP contribution in [-0.4, -0.2) is 16.9 Å². The van der Waals surface area contributed by atoms with E-state index in [1.165, 1.54) is 16.5 Å². The van der Waals surface area contributed by atoms with Gasteiger partial charge < -0.3 is 9.47 Å². The molecule has 1 fully saturated rings. The molecule has 7 heteroatoms. The minimum atomic E-state index is -0.570. The van der Waals surface area contributed by atoms with Crippen molar-refractivity contribution in [2.24, 2.45) is 0 Å². The summed E-state index contributed by atoms with van der Waals surface area (Å²) in [6.45, 7) is 6.45. The highest BCUT2D eigenvalue weighted by molar-refractivity contribution is 7.80. The van der Waals surface area contributed by atoms with Crippen LogP contribution in [0.3, 0.4) is 0 Å². The third kappa shape index (κ3) is 5.95. The molecule has 0 bridgehead atoms. The minimum absolute atomic E-state index is 0.00681. The summed E-state index contributed by atoms with van der Waals surface area (Å²) in [7, 11) is 0. The molecule has 0 unspecified atom stereocenters. The second kappa shape index (κ2) is 11.2. The third-order valence-corrected chi connectivity index (χ3v) is 6.63. The molecule has 200 valence electrons. The second-order valence-corrected chi connectivity index (χ2v) is 10.7. The fourth-order valence-electron chi connectivity index (χ4n) is 4.18. The molecule has 1 heterocycles. The van der Waals surface area contributed by atoms with Crippen molar-refractivity contribution in [3.8, 4) is 23.0 Å². The average molecular weight is 549 g/mol. The number of rotatable bonds is 6. The van der Waals surface area contributed by atoms with Gasteiger partial charge in [0, 0.05) is 5.56 Å². The number of hydrogen-bond acceptors (Lipinski definition) is 5. The van der Waals surface area contributed by atoms with E-state index in [-0.39, 0.29) is 16.1 Å². The molecule has 0 atom stereocenters. The number of benzene rings is 4. The first-order chi connectivity index (χ1) is 19.2. The van der Waals surface area contributed by atoms with Gasteiger partial charge >= 0.3 is 0 Å². The number of amides is 2. The Balaban J connectivity index is 1.39. The fourth-order valence-corrected chi connectivity index (χ4v) is 4.46. The SMILES string of the molecule is CC(C)(C)c1ccc(Oc2ccccc2/C=C2\C(=O)NC(=S)N(c3ccc(Oc4ccccc4)cc3)C2=O)cc1. The summed E-state index contributed by atoms with van der Waals surface area (Å²) in [5.41, 5.74) is 2.25. The molecule has 0 radical (unpaired) electrons. The van der Waals surface area contributed by atoms with Crippen molar-refractivity contribution in [1.29, 1.82) is 0 Å². The van der Waals surface area contributed by atoms with E-state index in [1.54, 1.807) is 36.4 Å². The summed E-state index contributed by atoms with van der Waals surface area (Å²) >= 11 is 5.36. The smallest absolute Gasteiger partial charge is 0.270 e. The van der Waals surface area contributed by atoms with Crippen molar-refractivity contribution >= 4 is 40.9 Å². The Labute approximate surface area is 238 Å². The zero-order valence-corrected chi connectivity index (χ0v) is 23.2. The first-order valence-electron chi connectivity index (χ1n) is 12.8. The maximum atomic E-state index is 13.6. The number of ether oxygens (including phenoxy) is 2. The monoisotopic (exact) mass is 548 g/mol. The highest BCUT2D eigenvalue weighted by Crippen LogP contribution is 2.31. The zero-order valence-electron chi connectivity index (χ0n) is 22.4. The van der Waals surface area contributed by atoms with E-state index in [0.717, 1.165) is 0 Å². The topological polar surface area (TPSA) is 67.9 Å². The molecule has 0 aliphatic carbocycles. The van der Waals surface area contributed by atoms with Crippen molar-refractivity contribution in [1.82, 2.24) is 5.32 Å². The molecule has 1 aliphatic rings. The summed E-state index contributed by atoms with van der Waals surface area (Å²) in [6.07, 6.45) is 1.53. The van der Waals surface area contributed by atoms with Gasteiger partial charge in [0.05, 0.1) is 5.69 Å². The highest BCUT2D eigenvalue weighted by Gasteiger charge is 2.34. The van der Waals surface area contributed by atoms with Crippen LogP contribution < -0.4 is 19.7 Å². The minimum Gasteiger partial charge on any atom is -0.457 e. The van der Waals surface area contributed by atoms with Crippen molar-refractivity contribution < 1.29 is 19.1 Å². The molecular formula is C33H28N2O4S. The average Bonchev–Trinajstić information content (AvgIpc) is 2.93. The molecule has 4 aromatic carbocycles. The number of carbonyl (C=O) groups is 2. The van der Waals surface area contributed by atoms with Crippen molar-refractivity contribution in [3.05, 3.63) is 120 Å². The predicted octanol–water partition coefficient (Wildman–Crippen LogP) is 7.40. The molecule has 0 spiro atoms. The molecule has 40 heavy (non-hydrogen) atoms. The van der Waals surface area contributed by atoms with Gasteiger partial charge in [-0.2, -0.15) is 0 Å². The van der Waals surface area contributed by atoms with Crippen molar-refractivity contribution in [2.45, 2.75) is 26.2 Å². The van der Waals surface area contributed by atoms with Crippen LogP contribution in [0.1, 0.15) is 31.9 Å². The van der Waals surface area contributed by atoms with E-state index in [9.17, 15) is 9.59 Å². The van der Waals surface area contributed by atoms with E-state index >= 15 is 0 Å². The lowest BCUT2D eigenvalue weighted by molar-refractivity contribution is -0.122. The summed E-state index contributed by atoms with van der Waals surface area (Å²) in [5, 5.41) is 2.64. The summed E-state index contributed by atoms with van der Waals surface area (Å²) < 4.78 is 12.0. The van der Waals surface area contributed by atoms with Crippen LogP contribution in [-0.2, 0) is 15.0 Å². The van der Waals surface area contributed by atoms with E-state index in [4.69, 9.17) is 21.7 Å². The number of anilines is 1. The number of hydrogen-bond donors (Lipinski definition) is 1. The summed E-state index contributed by atoms with van der Waals surface area (Å²) in [5.74, 6) is 1.37. The number of nitrogens with zero attached hydrogens (tertiary/aromatic N) is 1. The number of thiocarbonyl (C=S) groups is 1. The Morgan fingerprint density at radius 2 is 1.30 bits per heavy atom. The van der Waals surface area contributed by atoms with Gasteiger partial charge in [0.15, 0.2) is 5.11 Å². The molecule has 2 amide bonds. The predicted molar refractivity (Wildman–Crippen MR) is 161 cm³/mol. The fraction of sp³-hybridized carbons (Fsp3) is 0.121. The van der Waals surface area contributed by atoms with Crippen LogP contribution in [0.4, 0.5) is 5.69 Å². The molecule has 1 saturated heterocycles. The summed E-state index contributed by atoms with van der Waals surface area (Å²) in [4.78, 5) is 27.7. The van der Waals surface area contributed by atoms with E-state index in [0.29, 0.717) is 34.2 Å². The lowest BCUT2D eigenvalue weighted by Gasteiger charge is -2.29.